The molecule has 2 N–H and O–H groups in total. The third-order valence-electron chi connectivity index (χ3n) is 2.29. The van der Waals surface area contributed by atoms with Crippen molar-refractivity contribution in [3.8, 4) is 11.1 Å². The van der Waals surface area contributed by atoms with E-state index in [1.807, 2.05) is 38.4 Å². The molecule has 0 aliphatic carbocycles. The molecule has 0 atom stereocenters. The fraction of sp³-hybridized carbons (Fsp3) is 0.167. The lowest BCUT2D eigenvalue weighted by Crippen LogP contribution is -1.94. The van der Waals surface area contributed by atoms with Crippen molar-refractivity contribution in [3.63, 3.8) is 0 Å². The first-order chi connectivity index (χ1) is 7.16. The van der Waals surface area contributed by atoms with Gasteiger partial charge in [-0.3, -0.25) is 4.98 Å². The van der Waals surface area contributed by atoms with Crippen molar-refractivity contribution in [2.75, 3.05) is 5.73 Å². The molecule has 0 fully saturated rings. The second-order valence-electron chi connectivity index (χ2n) is 3.62. The number of pyridine rings is 2. The molecule has 0 saturated heterocycles. The third kappa shape index (κ3) is 1.96. The van der Waals surface area contributed by atoms with Crippen molar-refractivity contribution in [2.24, 2.45) is 0 Å². The number of hydrogen-bond acceptors (Lipinski definition) is 3. The summed E-state index contributed by atoms with van der Waals surface area (Å²) >= 11 is 0. The minimum Gasteiger partial charge on any atom is -0.384 e. The van der Waals surface area contributed by atoms with Gasteiger partial charge in [-0.15, -0.1) is 0 Å². The zero-order chi connectivity index (χ0) is 10.8. The van der Waals surface area contributed by atoms with Crippen LogP contribution in [0.25, 0.3) is 11.1 Å². The highest BCUT2D eigenvalue weighted by Crippen LogP contribution is 2.22. The van der Waals surface area contributed by atoms with E-state index < -0.39 is 0 Å². The molecule has 2 aromatic rings. The summed E-state index contributed by atoms with van der Waals surface area (Å²) in [5.41, 5.74) is 9.85. The lowest BCUT2D eigenvalue weighted by Gasteiger charge is -2.06. The predicted octanol–water partition coefficient (Wildman–Crippen LogP) is 2.34. The number of rotatable bonds is 1. The molecule has 0 unspecified atom stereocenters. The summed E-state index contributed by atoms with van der Waals surface area (Å²) in [5, 5.41) is 0. The van der Waals surface area contributed by atoms with Crippen LogP contribution in [0.3, 0.4) is 0 Å². The quantitative estimate of drug-likeness (QED) is 0.767. The fourth-order valence-corrected chi connectivity index (χ4v) is 1.59. The molecular weight excluding hydrogens is 186 g/mol. The van der Waals surface area contributed by atoms with E-state index in [9.17, 15) is 0 Å². The Kier molecular flexibility index (Phi) is 2.37. The van der Waals surface area contributed by atoms with E-state index in [1.54, 1.807) is 0 Å². The van der Waals surface area contributed by atoms with Crippen LogP contribution in [0.2, 0.25) is 0 Å². The average molecular weight is 199 g/mol. The maximum Gasteiger partial charge on any atom is 0.123 e. The zero-order valence-corrected chi connectivity index (χ0v) is 8.86. The van der Waals surface area contributed by atoms with Crippen LogP contribution in [0, 0.1) is 13.8 Å². The monoisotopic (exact) mass is 199 g/mol. The summed E-state index contributed by atoms with van der Waals surface area (Å²) in [6.45, 7) is 3.98. The molecule has 2 aromatic heterocycles. The largest absolute Gasteiger partial charge is 0.384 e. The van der Waals surface area contributed by atoms with Gasteiger partial charge in [0.25, 0.3) is 0 Å². The first-order valence-corrected chi connectivity index (χ1v) is 4.82. The van der Waals surface area contributed by atoms with Crippen molar-refractivity contribution in [3.05, 3.63) is 41.9 Å². The van der Waals surface area contributed by atoms with Gasteiger partial charge in [0.15, 0.2) is 0 Å². The van der Waals surface area contributed by atoms with Gasteiger partial charge in [-0.2, -0.15) is 0 Å². The molecule has 2 rings (SSSR count). The van der Waals surface area contributed by atoms with Gasteiger partial charge in [0, 0.05) is 29.2 Å². The first-order valence-electron chi connectivity index (χ1n) is 4.82. The van der Waals surface area contributed by atoms with Crippen LogP contribution in [0.15, 0.2) is 30.6 Å². The SMILES string of the molecule is Cc1cncc(-c2ccc(N)nc2C)c1. The minimum atomic E-state index is 0.553. The lowest BCUT2D eigenvalue weighted by molar-refractivity contribution is 1.20. The zero-order valence-electron chi connectivity index (χ0n) is 8.86. The number of aryl methyl sites for hydroxylation is 2. The van der Waals surface area contributed by atoms with E-state index in [0.717, 1.165) is 22.4 Å². The average Bonchev–Trinajstić information content (AvgIpc) is 2.17. The molecule has 0 radical (unpaired) electrons. The Labute approximate surface area is 89.0 Å². The van der Waals surface area contributed by atoms with Gasteiger partial charge in [0.2, 0.25) is 0 Å². The Bertz CT molecular complexity index is 492. The predicted molar refractivity (Wildman–Crippen MR) is 61.4 cm³/mol. The summed E-state index contributed by atoms with van der Waals surface area (Å²) in [6.07, 6.45) is 3.68. The van der Waals surface area contributed by atoms with E-state index in [1.165, 1.54) is 0 Å². The fourth-order valence-electron chi connectivity index (χ4n) is 1.59. The van der Waals surface area contributed by atoms with Crippen LogP contribution < -0.4 is 5.73 Å². The Morgan fingerprint density at radius 1 is 1.13 bits per heavy atom. The minimum absolute atomic E-state index is 0.553. The van der Waals surface area contributed by atoms with E-state index in [2.05, 4.69) is 16.0 Å². The van der Waals surface area contributed by atoms with E-state index >= 15 is 0 Å². The van der Waals surface area contributed by atoms with Crippen molar-refractivity contribution < 1.29 is 0 Å². The van der Waals surface area contributed by atoms with Crippen molar-refractivity contribution in [1.82, 2.24) is 9.97 Å². The van der Waals surface area contributed by atoms with Crippen molar-refractivity contribution >= 4 is 5.82 Å². The van der Waals surface area contributed by atoms with Crippen LogP contribution in [0.5, 0.6) is 0 Å². The van der Waals surface area contributed by atoms with Gasteiger partial charge in [-0.25, -0.2) is 4.98 Å². The molecule has 0 aliphatic heterocycles. The van der Waals surface area contributed by atoms with E-state index in [-0.39, 0.29) is 0 Å². The summed E-state index contributed by atoms with van der Waals surface area (Å²) in [6, 6.07) is 5.88. The molecule has 0 saturated carbocycles. The van der Waals surface area contributed by atoms with Gasteiger partial charge < -0.3 is 5.73 Å². The molecule has 76 valence electrons. The van der Waals surface area contributed by atoms with Gasteiger partial charge in [0.1, 0.15) is 5.82 Å². The Hall–Kier alpha value is -1.90. The number of aromatic nitrogens is 2. The van der Waals surface area contributed by atoms with Crippen molar-refractivity contribution in [1.29, 1.82) is 0 Å². The Morgan fingerprint density at radius 2 is 1.93 bits per heavy atom. The summed E-state index contributed by atoms with van der Waals surface area (Å²) in [7, 11) is 0. The van der Waals surface area contributed by atoms with E-state index in [0.29, 0.717) is 5.82 Å². The van der Waals surface area contributed by atoms with Crippen LogP contribution in [0.1, 0.15) is 11.3 Å². The van der Waals surface area contributed by atoms with E-state index in [4.69, 9.17) is 5.73 Å². The van der Waals surface area contributed by atoms with Gasteiger partial charge in [-0.05, 0) is 37.6 Å². The van der Waals surface area contributed by atoms with Crippen LogP contribution in [-0.4, -0.2) is 9.97 Å². The van der Waals surface area contributed by atoms with Gasteiger partial charge >= 0.3 is 0 Å². The molecule has 0 aliphatic rings. The summed E-state index contributed by atoms with van der Waals surface area (Å²) in [5.74, 6) is 0.553. The van der Waals surface area contributed by atoms with Crippen LogP contribution >= 0.6 is 0 Å². The molecule has 0 bridgehead atoms. The second kappa shape index (κ2) is 3.69. The van der Waals surface area contributed by atoms with Gasteiger partial charge in [-0.1, -0.05) is 0 Å². The highest BCUT2D eigenvalue weighted by Gasteiger charge is 2.03. The first kappa shape index (κ1) is 9.65. The molecular formula is C12H13N3. The molecule has 0 spiro atoms. The number of nitrogens with zero attached hydrogens (tertiary/aromatic N) is 2. The maximum absolute atomic E-state index is 5.61. The smallest absolute Gasteiger partial charge is 0.123 e. The van der Waals surface area contributed by atoms with Crippen LogP contribution in [-0.2, 0) is 0 Å². The number of nitrogen functional groups attached to an aromatic ring is 1. The molecule has 3 heteroatoms. The topological polar surface area (TPSA) is 51.8 Å². The second-order valence-corrected chi connectivity index (χ2v) is 3.62. The number of hydrogen-bond donors (Lipinski definition) is 1. The highest BCUT2D eigenvalue weighted by atomic mass is 14.8. The third-order valence-corrected chi connectivity index (χ3v) is 2.29. The lowest BCUT2D eigenvalue weighted by atomic mass is 10.1. The molecule has 3 nitrogen and oxygen atoms in total. The number of anilines is 1. The molecule has 0 aromatic carbocycles. The molecule has 15 heavy (non-hydrogen) atoms. The molecule has 0 amide bonds. The summed E-state index contributed by atoms with van der Waals surface area (Å²) < 4.78 is 0. The Morgan fingerprint density at radius 3 is 2.60 bits per heavy atom. The van der Waals surface area contributed by atoms with Crippen molar-refractivity contribution in [2.45, 2.75) is 13.8 Å². The van der Waals surface area contributed by atoms with Gasteiger partial charge in [0.05, 0.1) is 0 Å². The number of nitrogens with two attached hydrogens (primary N) is 1. The van der Waals surface area contributed by atoms with Crippen LogP contribution in [0.4, 0.5) is 5.82 Å². The normalized spacial score (nSPS) is 10.3. The highest BCUT2D eigenvalue weighted by molar-refractivity contribution is 5.66. The standard InChI is InChI=1S/C12H13N3/c1-8-5-10(7-14-6-8)11-3-4-12(13)15-9(11)2/h3-7H,1-2H3,(H2,13,15). The maximum atomic E-state index is 5.61. The summed E-state index contributed by atoms with van der Waals surface area (Å²) in [4.78, 5) is 8.39. The molecule has 2 heterocycles. The Balaban J connectivity index is 2.54.